The normalized spacial score (nSPS) is 9.76. The number of aromatic nitrogens is 1. The van der Waals surface area contributed by atoms with Crippen LogP contribution in [0.5, 0.6) is 0 Å². The molecule has 0 saturated carbocycles. The van der Waals surface area contributed by atoms with Crippen molar-refractivity contribution in [2.24, 2.45) is 0 Å². The van der Waals surface area contributed by atoms with Crippen molar-refractivity contribution in [1.82, 2.24) is 4.57 Å². The third kappa shape index (κ3) is 2.87. The van der Waals surface area contributed by atoms with Gasteiger partial charge in [-0.15, -0.1) is 0 Å². The predicted octanol–water partition coefficient (Wildman–Crippen LogP) is 4.24. The van der Waals surface area contributed by atoms with E-state index in [1.165, 1.54) is 28.9 Å². The third-order valence-corrected chi connectivity index (χ3v) is 3.17. The number of rotatable bonds is 2. The zero-order chi connectivity index (χ0) is 15.2. The number of methoxy groups -OCH3 is 1. The molecular formula is C18H17NO2. The van der Waals surface area contributed by atoms with Gasteiger partial charge in [0.25, 0.3) is 0 Å². The molecule has 0 saturated heterocycles. The van der Waals surface area contributed by atoms with Crippen molar-refractivity contribution >= 4 is 34.0 Å². The second-order valence-corrected chi connectivity index (χ2v) is 4.31. The molecule has 1 aromatic heterocycles. The van der Waals surface area contributed by atoms with Gasteiger partial charge in [0.05, 0.1) is 18.1 Å². The number of benzene rings is 2. The molecule has 0 bridgehead atoms. The summed E-state index contributed by atoms with van der Waals surface area (Å²) in [4.78, 5) is 9.84. The number of nitrogens with zero attached hydrogens (tertiary/aromatic N) is 1. The summed E-state index contributed by atoms with van der Waals surface area (Å²) in [7, 11) is 1.31. The predicted molar refractivity (Wildman–Crippen MR) is 88.0 cm³/mol. The van der Waals surface area contributed by atoms with Gasteiger partial charge in [-0.25, -0.2) is 4.79 Å². The van der Waals surface area contributed by atoms with Crippen LogP contribution >= 0.6 is 0 Å². The summed E-state index contributed by atoms with van der Waals surface area (Å²) in [5.74, 6) is -0.394. The second kappa shape index (κ2) is 6.57. The van der Waals surface area contributed by atoms with E-state index in [0.717, 1.165) is 6.08 Å². The maximum atomic E-state index is 9.84. The highest BCUT2D eigenvalue weighted by molar-refractivity contribution is 6.09. The van der Waals surface area contributed by atoms with Crippen LogP contribution in [0.3, 0.4) is 0 Å². The average molecular weight is 279 g/mol. The maximum Gasteiger partial charge on any atom is 0.329 e. The van der Waals surface area contributed by atoms with Crippen LogP contribution in [0.25, 0.3) is 28.0 Å². The van der Waals surface area contributed by atoms with Crippen LogP contribution in [0, 0.1) is 0 Å². The highest BCUT2D eigenvalue weighted by Gasteiger charge is 2.06. The number of esters is 1. The Morgan fingerprint density at radius 2 is 1.48 bits per heavy atom. The van der Waals surface area contributed by atoms with E-state index >= 15 is 0 Å². The van der Waals surface area contributed by atoms with Crippen molar-refractivity contribution in [3.8, 4) is 0 Å². The molecule has 0 amide bonds. The minimum absolute atomic E-state index is 0.394. The van der Waals surface area contributed by atoms with Crippen LogP contribution in [0.1, 0.15) is 0 Å². The molecule has 106 valence electrons. The van der Waals surface area contributed by atoms with Crippen LogP contribution in [-0.2, 0) is 9.53 Å². The summed E-state index contributed by atoms with van der Waals surface area (Å²) in [6, 6.07) is 16.8. The summed E-state index contributed by atoms with van der Waals surface area (Å²) in [6.07, 6.45) is 2.98. The third-order valence-electron chi connectivity index (χ3n) is 3.17. The molecule has 0 fully saturated rings. The molecule has 0 aliphatic carbocycles. The minimum Gasteiger partial charge on any atom is -0.466 e. The highest BCUT2D eigenvalue weighted by Crippen LogP contribution is 2.28. The Bertz CT molecular complexity index is 746. The van der Waals surface area contributed by atoms with Gasteiger partial charge in [0.15, 0.2) is 0 Å². The molecule has 1 heterocycles. The lowest BCUT2D eigenvalue weighted by molar-refractivity contribution is -0.134. The Labute approximate surface area is 123 Å². The molecule has 0 atom stereocenters. The first-order valence-corrected chi connectivity index (χ1v) is 6.53. The summed E-state index contributed by atoms with van der Waals surface area (Å²) in [5, 5.41) is 2.57. The fourth-order valence-corrected chi connectivity index (χ4v) is 2.23. The van der Waals surface area contributed by atoms with Crippen molar-refractivity contribution in [1.29, 1.82) is 0 Å². The van der Waals surface area contributed by atoms with Crippen LogP contribution < -0.4 is 0 Å². The van der Waals surface area contributed by atoms with Gasteiger partial charge in [0.2, 0.25) is 0 Å². The fourth-order valence-electron chi connectivity index (χ4n) is 2.23. The highest BCUT2D eigenvalue weighted by atomic mass is 16.5. The van der Waals surface area contributed by atoms with E-state index in [9.17, 15) is 4.79 Å². The van der Waals surface area contributed by atoms with Crippen LogP contribution in [0.2, 0.25) is 0 Å². The Morgan fingerprint density at radius 1 is 1.00 bits per heavy atom. The van der Waals surface area contributed by atoms with E-state index in [2.05, 4.69) is 71.0 Å². The lowest BCUT2D eigenvalue weighted by atomic mass is 10.2. The molecule has 3 rings (SSSR count). The van der Waals surface area contributed by atoms with E-state index in [1.54, 1.807) is 0 Å². The Hall–Kier alpha value is -2.81. The lowest BCUT2D eigenvalue weighted by Gasteiger charge is -1.97. The summed E-state index contributed by atoms with van der Waals surface area (Å²) < 4.78 is 6.27. The van der Waals surface area contributed by atoms with Crippen LogP contribution in [-0.4, -0.2) is 17.6 Å². The molecule has 0 spiro atoms. The summed E-state index contributed by atoms with van der Waals surface area (Å²) >= 11 is 0. The van der Waals surface area contributed by atoms with Gasteiger partial charge in [-0.3, -0.25) is 0 Å². The summed E-state index contributed by atoms with van der Waals surface area (Å²) in [6.45, 7) is 7.02. The first kappa shape index (κ1) is 14.6. The van der Waals surface area contributed by atoms with Gasteiger partial charge >= 0.3 is 5.97 Å². The van der Waals surface area contributed by atoms with Crippen molar-refractivity contribution in [2.45, 2.75) is 0 Å². The lowest BCUT2D eigenvalue weighted by Crippen LogP contribution is -1.91. The molecule has 3 nitrogen and oxygen atoms in total. The van der Waals surface area contributed by atoms with E-state index in [0.29, 0.717) is 0 Å². The Balaban J connectivity index is 0.000000232. The Morgan fingerprint density at radius 3 is 1.81 bits per heavy atom. The van der Waals surface area contributed by atoms with Crippen molar-refractivity contribution in [3.63, 3.8) is 0 Å². The molecule has 3 aromatic rings. The summed E-state index contributed by atoms with van der Waals surface area (Å²) in [5.41, 5.74) is 2.43. The number of hydrogen-bond acceptors (Lipinski definition) is 2. The fraction of sp³-hybridized carbons (Fsp3) is 0.0556. The van der Waals surface area contributed by atoms with Crippen LogP contribution in [0.4, 0.5) is 0 Å². The van der Waals surface area contributed by atoms with Gasteiger partial charge < -0.3 is 9.30 Å². The molecule has 21 heavy (non-hydrogen) atoms. The standard InChI is InChI=1S/C14H11N.C4H6O2/c1-2-15-13-9-5-3-7-11(13)12-8-4-6-10-14(12)15;1-3-4(5)6-2/h2-10H,1H2;3H,1H2,2H3. The smallest absolute Gasteiger partial charge is 0.329 e. The van der Waals surface area contributed by atoms with Crippen molar-refractivity contribution in [3.05, 3.63) is 67.8 Å². The molecular weight excluding hydrogens is 262 g/mol. The minimum atomic E-state index is -0.394. The number of carbonyl (C=O) groups is 1. The number of hydrogen-bond donors (Lipinski definition) is 0. The second-order valence-electron chi connectivity index (χ2n) is 4.31. The number of carbonyl (C=O) groups excluding carboxylic acids is 1. The number of fused-ring (bicyclic) bond motifs is 3. The molecule has 0 radical (unpaired) electrons. The largest absolute Gasteiger partial charge is 0.466 e. The molecule has 0 aliphatic rings. The first-order chi connectivity index (χ1) is 10.2. The van der Waals surface area contributed by atoms with Gasteiger partial charge in [-0.05, 0) is 12.1 Å². The van der Waals surface area contributed by atoms with Gasteiger partial charge in [0.1, 0.15) is 0 Å². The maximum absolute atomic E-state index is 9.84. The van der Waals surface area contributed by atoms with E-state index in [-0.39, 0.29) is 0 Å². The molecule has 3 heteroatoms. The number of para-hydroxylation sites is 2. The number of ether oxygens (including phenoxy) is 1. The quantitative estimate of drug-likeness (QED) is 0.519. The molecule has 0 unspecified atom stereocenters. The van der Waals surface area contributed by atoms with Gasteiger partial charge in [0, 0.05) is 23.0 Å². The van der Waals surface area contributed by atoms with Gasteiger partial charge in [-0.2, -0.15) is 0 Å². The molecule has 2 aromatic carbocycles. The zero-order valence-electron chi connectivity index (χ0n) is 12.0. The molecule has 0 aliphatic heterocycles. The topological polar surface area (TPSA) is 31.2 Å². The van der Waals surface area contributed by atoms with E-state index in [1.807, 2.05) is 6.20 Å². The van der Waals surface area contributed by atoms with Crippen molar-refractivity contribution in [2.75, 3.05) is 7.11 Å². The first-order valence-electron chi connectivity index (χ1n) is 6.53. The zero-order valence-corrected chi connectivity index (χ0v) is 12.0. The van der Waals surface area contributed by atoms with Gasteiger partial charge in [-0.1, -0.05) is 49.6 Å². The SMILES string of the molecule is C=CC(=O)OC.C=Cn1c2ccccc2c2ccccc21. The average Bonchev–Trinajstić information content (AvgIpc) is 2.88. The van der Waals surface area contributed by atoms with Crippen LogP contribution in [0.15, 0.2) is 67.8 Å². The Kier molecular flexibility index (Phi) is 4.57. The van der Waals surface area contributed by atoms with Crippen molar-refractivity contribution < 1.29 is 9.53 Å². The monoisotopic (exact) mass is 279 g/mol. The van der Waals surface area contributed by atoms with E-state index < -0.39 is 5.97 Å². The van der Waals surface area contributed by atoms with E-state index in [4.69, 9.17) is 0 Å². The molecule has 0 N–H and O–H groups in total.